The lowest BCUT2D eigenvalue weighted by Crippen LogP contribution is -2.26. The number of carboxylic acids is 1. The maximum Gasteiger partial charge on any atom is 0.341 e. The Balaban J connectivity index is 1.50. The summed E-state index contributed by atoms with van der Waals surface area (Å²) in [6, 6.07) is 14.1. The summed E-state index contributed by atoms with van der Waals surface area (Å²) in [5.74, 6) is 0.0740. The SMILES string of the molecule is CN(Cc1ccc(OCC(=O)O)cc1)C(=O)c1ccc(OCC2CCCO2)cc1. The Bertz CT molecular complexity index is 812. The highest BCUT2D eigenvalue weighted by molar-refractivity contribution is 5.94. The standard InChI is InChI=1S/C22H25NO6/c1-23(13-16-4-8-18(9-5-16)29-15-21(24)25)22(26)17-6-10-19(11-7-17)28-14-20-3-2-12-27-20/h4-11,20H,2-3,12-15H2,1H3,(H,24,25). The van der Waals surface area contributed by atoms with Crippen LogP contribution in [0.2, 0.25) is 0 Å². The Labute approximate surface area is 169 Å². The molecular weight excluding hydrogens is 374 g/mol. The molecule has 0 bridgehead atoms. The summed E-state index contributed by atoms with van der Waals surface area (Å²) in [6.07, 6.45) is 2.25. The smallest absolute Gasteiger partial charge is 0.341 e. The van der Waals surface area contributed by atoms with Crippen LogP contribution in [-0.4, -0.2) is 54.9 Å². The van der Waals surface area contributed by atoms with Crippen molar-refractivity contribution in [2.75, 3.05) is 26.9 Å². The minimum absolute atomic E-state index is 0.0955. The van der Waals surface area contributed by atoms with Gasteiger partial charge in [0.15, 0.2) is 6.61 Å². The van der Waals surface area contributed by atoms with Crippen LogP contribution in [-0.2, 0) is 16.1 Å². The molecule has 1 saturated heterocycles. The van der Waals surface area contributed by atoms with Gasteiger partial charge in [-0.05, 0) is 54.8 Å². The molecule has 29 heavy (non-hydrogen) atoms. The van der Waals surface area contributed by atoms with Gasteiger partial charge in [0, 0.05) is 25.8 Å². The van der Waals surface area contributed by atoms with E-state index < -0.39 is 5.97 Å². The fourth-order valence-corrected chi connectivity index (χ4v) is 3.06. The summed E-state index contributed by atoms with van der Waals surface area (Å²) in [5, 5.41) is 8.63. The average molecular weight is 399 g/mol. The number of nitrogens with zero attached hydrogens (tertiary/aromatic N) is 1. The van der Waals surface area contributed by atoms with Gasteiger partial charge in [0.25, 0.3) is 5.91 Å². The molecule has 1 fully saturated rings. The van der Waals surface area contributed by atoms with Gasteiger partial charge in [-0.3, -0.25) is 4.79 Å². The second-order valence-electron chi connectivity index (χ2n) is 6.96. The monoisotopic (exact) mass is 399 g/mol. The van der Waals surface area contributed by atoms with Crippen molar-refractivity contribution in [1.82, 2.24) is 4.90 Å². The highest BCUT2D eigenvalue weighted by Gasteiger charge is 2.16. The Morgan fingerprint density at radius 3 is 2.34 bits per heavy atom. The topological polar surface area (TPSA) is 85.3 Å². The van der Waals surface area contributed by atoms with Crippen molar-refractivity contribution in [3.8, 4) is 11.5 Å². The average Bonchev–Trinajstić information content (AvgIpc) is 3.25. The van der Waals surface area contributed by atoms with Crippen LogP contribution in [0.5, 0.6) is 11.5 Å². The molecule has 3 rings (SSSR count). The molecule has 1 N–H and O–H groups in total. The Hall–Kier alpha value is -3.06. The fourth-order valence-electron chi connectivity index (χ4n) is 3.06. The first-order chi connectivity index (χ1) is 14.0. The third-order valence-electron chi connectivity index (χ3n) is 4.61. The van der Waals surface area contributed by atoms with E-state index in [2.05, 4.69) is 0 Å². The number of carbonyl (C=O) groups is 2. The third-order valence-corrected chi connectivity index (χ3v) is 4.61. The molecule has 0 aliphatic carbocycles. The molecule has 7 heteroatoms. The fraction of sp³-hybridized carbons (Fsp3) is 0.364. The van der Waals surface area contributed by atoms with Gasteiger partial charge in [-0.25, -0.2) is 4.79 Å². The first-order valence-corrected chi connectivity index (χ1v) is 9.55. The lowest BCUT2D eigenvalue weighted by atomic mass is 10.1. The number of rotatable bonds is 9. The zero-order valence-electron chi connectivity index (χ0n) is 16.4. The summed E-state index contributed by atoms with van der Waals surface area (Å²) >= 11 is 0. The summed E-state index contributed by atoms with van der Waals surface area (Å²) in [7, 11) is 1.74. The van der Waals surface area contributed by atoms with Crippen molar-refractivity contribution in [3.05, 3.63) is 59.7 Å². The van der Waals surface area contributed by atoms with Gasteiger partial charge in [-0.2, -0.15) is 0 Å². The van der Waals surface area contributed by atoms with Gasteiger partial charge in [0.1, 0.15) is 18.1 Å². The lowest BCUT2D eigenvalue weighted by molar-refractivity contribution is -0.139. The molecule has 0 radical (unpaired) electrons. The molecule has 1 heterocycles. The van der Waals surface area contributed by atoms with Crippen molar-refractivity contribution in [2.45, 2.75) is 25.5 Å². The Morgan fingerprint density at radius 1 is 1.07 bits per heavy atom. The predicted molar refractivity (Wildman–Crippen MR) is 106 cm³/mol. The molecule has 154 valence electrons. The molecule has 1 aliphatic heterocycles. The summed E-state index contributed by atoms with van der Waals surface area (Å²) in [5.41, 5.74) is 1.50. The van der Waals surface area contributed by atoms with E-state index in [9.17, 15) is 9.59 Å². The first-order valence-electron chi connectivity index (χ1n) is 9.55. The Morgan fingerprint density at radius 2 is 1.72 bits per heavy atom. The second kappa shape index (κ2) is 9.93. The normalized spacial score (nSPS) is 15.7. The molecule has 0 spiro atoms. The molecule has 7 nitrogen and oxygen atoms in total. The van der Waals surface area contributed by atoms with Crippen molar-refractivity contribution < 1.29 is 28.9 Å². The van der Waals surface area contributed by atoms with Crippen LogP contribution < -0.4 is 9.47 Å². The van der Waals surface area contributed by atoms with Crippen molar-refractivity contribution >= 4 is 11.9 Å². The number of aliphatic carboxylic acids is 1. The molecule has 1 atom stereocenters. The van der Waals surface area contributed by atoms with Crippen molar-refractivity contribution in [2.24, 2.45) is 0 Å². The zero-order valence-corrected chi connectivity index (χ0v) is 16.4. The van der Waals surface area contributed by atoms with Crippen LogP contribution in [0.4, 0.5) is 0 Å². The molecule has 1 unspecified atom stereocenters. The van der Waals surface area contributed by atoms with Crippen molar-refractivity contribution in [3.63, 3.8) is 0 Å². The maximum atomic E-state index is 12.6. The first kappa shape index (κ1) is 20.7. The van der Waals surface area contributed by atoms with Gasteiger partial charge < -0.3 is 24.2 Å². The minimum Gasteiger partial charge on any atom is -0.491 e. The molecule has 2 aromatic rings. The highest BCUT2D eigenvalue weighted by atomic mass is 16.5. The van der Waals surface area contributed by atoms with E-state index in [4.69, 9.17) is 19.3 Å². The van der Waals surface area contributed by atoms with Gasteiger partial charge >= 0.3 is 5.97 Å². The van der Waals surface area contributed by atoms with E-state index in [0.29, 0.717) is 24.5 Å². The number of benzene rings is 2. The molecule has 2 aromatic carbocycles. The van der Waals surface area contributed by atoms with E-state index in [1.807, 2.05) is 12.1 Å². The largest absolute Gasteiger partial charge is 0.491 e. The summed E-state index contributed by atoms with van der Waals surface area (Å²) < 4.78 is 16.4. The van der Waals surface area contributed by atoms with Gasteiger partial charge in [0.05, 0.1) is 6.10 Å². The number of ether oxygens (including phenoxy) is 3. The summed E-state index contributed by atoms with van der Waals surface area (Å²) in [4.78, 5) is 24.8. The molecule has 0 aromatic heterocycles. The minimum atomic E-state index is -1.03. The number of hydrogen-bond donors (Lipinski definition) is 1. The lowest BCUT2D eigenvalue weighted by Gasteiger charge is -2.18. The summed E-state index contributed by atoms with van der Waals surface area (Å²) in [6.45, 7) is 1.37. The third kappa shape index (κ3) is 6.22. The van der Waals surface area contributed by atoms with Gasteiger partial charge in [-0.15, -0.1) is 0 Å². The number of amides is 1. The second-order valence-corrected chi connectivity index (χ2v) is 6.96. The van der Waals surface area contributed by atoms with Gasteiger partial charge in [0.2, 0.25) is 0 Å². The Kier molecular flexibility index (Phi) is 7.08. The van der Waals surface area contributed by atoms with E-state index in [0.717, 1.165) is 30.8 Å². The van der Waals surface area contributed by atoms with Gasteiger partial charge in [-0.1, -0.05) is 12.1 Å². The quantitative estimate of drug-likeness (QED) is 0.698. The molecular formula is C22H25NO6. The van der Waals surface area contributed by atoms with E-state index in [1.54, 1.807) is 48.3 Å². The van der Waals surface area contributed by atoms with Crippen LogP contribution in [0.25, 0.3) is 0 Å². The highest BCUT2D eigenvalue weighted by Crippen LogP contribution is 2.18. The zero-order chi connectivity index (χ0) is 20.6. The molecule has 1 amide bonds. The maximum absolute atomic E-state index is 12.6. The van der Waals surface area contributed by atoms with E-state index in [1.165, 1.54) is 0 Å². The number of carbonyl (C=O) groups excluding carboxylic acids is 1. The van der Waals surface area contributed by atoms with E-state index >= 15 is 0 Å². The van der Waals surface area contributed by atoms with Crippen LogP contribution in [0.15, 0.2) is 48.5 Å². The molecule has 1 aliphatic rings. The van der Waals surface area contributed by atoms with Crippen LogP contribution in [0.3, 0.4) is 0 Å². The van der Waals surface area contributed by atoms with Crippen LogP contribution in [0, 0.1) is 0 Å². The van der Waals surface area contributed by atoms with Crippen LogP contribution in [0.1, 0.15) is 28.8 Å². The molecule has 0 saturated carbocycles. The van der Waals surface area contributed by atoms with Crippen LogP contribution >= 0.6 is 0 Å². The number of hydrogen-bond acceptors (Lipinski definition) is 5. The van der Waals surface area contributed by atoms with Crippen molar-refractivity contribution in [1.29, 1.82) is 0 Å². The number of carboxylic acid groups (broad SMARTS) is 1. The predicted octanol–water partition coefficient (Wildman–Crippen LogP) is 2.98. The van der Waals surface area contributed by atoms with E-state index in [-0.39, 0.29) is 18.6 Å².